The van der Waals surface area contributed by atoms with Crippen LogP contribution in [0.5, 0.6) is 0 Å². The number of nitrogens with zero attached hydrogens (tertiary/aromatic N) is 4. The Hall–Kier alpha value is -3.29. The molecule has 0 unspecified atom stereocenters. The summed E-state index contributed by atoms with van der Waals surface area (Å²) in [4.78, 5) is 15.5. The summed E-state index contributed by atoms with van der Waals surface area (Å²) in [7, 11) is 0. The minimum atomic E-state index is -1.06. The molecule has 3 aromatic rings. The van der Waals surface area contributed by atoms with Gasteiger partial charge in [-0.2, -0.15) is 5.21 Å². The zero-order chi connectivity index (χ0) is 14.7. The van der Waals surface area contributed by atoms with Crippen LogP contribution in [0.2, 0.25) is 0 Å². The second-order valence-corrected chi connectivity index (χ2v) is 4.14. The number of H-pyrrole nitrogens is 1. The zero-order valence-electron chi connectivity index (χ0n) is 10.7. The fourth-order valence-corrected chi connectivity index (χ4v) is 1.83. The van der Waals surface area contributed by atoms with Crippen molar-refractivity contribution in [1.82, 2.24) is 25.6 Å². The highest BCUT2D eigenvalue weighted by atomic mass is 16.4. The maximum atomic E-state index is 11.4. The average molecular weight is 282 g/mol. The number of carboxylic acid groups (broad SMARTS) is 1. The van der Waals surface area contributed by atoms with Gasteiger partial charge in [-0.15, -0.1) is 10.2 Å². The molecule has 3 rings (SSSR count). The maximum absolute atomic E-state index is 11.4. The highest BCUT2D eigenvalue weighted by Gasteiger charge is 2.14. The minimum Gasteiger partial charge on any atom is -0.478 e. The van der Waals surface area contributed by atoms with Crippen LogP contribution in [0.4, 0.5) is 11.5 Å². The van der Waals surface area contributed by atoms with Gasteiger partial charge in [-0.1, -0.05) is 6.07 Å². The van der Waals surface area contributed by atoms with Gasteiger partial charge in [0.2, 0.25) is 5.82 Å². The van der Waals surface area contributed by atoms with Crippen LogP contribution in [-0.2, 0) is 0 Å². The molecule has 0 saturated carbocycles. The van der Waals surface area contributed by atoms with Gasteiger partial charge in [-0.25, -0.2) is 9.78 Å². The number of benzene rings is 1. The maximum Gasteiger partial charge on any atom is 0.337 e. The monoisotopic (exact) mass is 282 g/mol. The van der Waals surface area contributed by atoms with Crippen molar-refractivity contribution in [3.05, 3.63) is 48.2 Å². The summed E-state index contributed by atoms with van der Waals surface area (Å²) in [5.74, 6) is -0.159. The van der Waals surface area contributed by atoms with Crippen molar-refractivity contribution in [2.45, 2.75) is 0 Å². The molecule has 8 heteroatoms. The summed E-state index contributed by atoms with van der Waals surface area (Å²) in [6, 6.07) is 10.2. The van der Waals surface area contributed by atoms with E-state index in [4.69, 9.17) is 0 Å². The number of rotatable bonds is 4. The number of aromatic amines is 1. The van der Waals surface area contributed by atoms with E-state index in [0.717, 1.165) is 0 Å². The molecule has 3 N–H and O–H groups in total. The number of anilines is 2. The van der Waals surface area contributed by atoms with E-state index in [2.05, 4.69) is 30.9 Å². The summed E-state index contributed by atoms with van der Waals surface area (Å²) in [6.07, 6.45) is 1.62. The van der Waals surface area contributed by atoms with Crippen LogP contribution in [-0.4, -0.2) is 36.7 Å². The molecule has 0 bridgehead atoms. The third-order valence-corrected chi connectivity index (χ3v) is 2.78. The fourth-order valence-electron chi connectivity index (χ4n) is 1.83. The number of tetrazole rings is 1. The van der Waals surface area contributed by atoms with Gasteiger partial charge in [-0.3, -0.25) is 0 Å². The zero-order valence-corrected chi connectivity index (χ0v) is 10.7. The SMILES string of the molecule is O=C(O)c1cc(-c2nn[nH]n2)ccc1Nc1ccccn1. The Labute approximate surface area is 118 Å². The van der Waals surface area contributed by atoms with Crippen LogP contribution in [0.1, 0.15) is 10.4 Å². The minimum absolute atomic E-state index is 0.1000. The molecule has 2 aromatic heterocycles. The fraction of sp³-hybridized carbons (Fsp3) is 0. The lowest BCUT2D eigenvalue weighted by atomic mass is 10.1. The molecule has 0 aliphatic heterocycles. The molecule has 1 aromatic carbocycles. The molecule has 8 nitrogen and oxygen atoms in total. The van der Waals surface area contributed by atoms with Crippen molar-refractivity contribution in [2.75, 3.05) is 5.32 Å². The largest absolute Gasteiger partial charge is 0.478 e. The van der Waals surface area contributed by atoms with E-state index in [0.29, 0.717) is 22.9 Å². The second-order valence-electron chi connectivity index (χ2n) is 4.14. The van der Waals surface area contributed by atoms with Crippen molar-refractivity contribution < 1.29 is 9.90 Å². The van der Waals surface area contributed by atoms with E-state index in [9.17, 15) is 9.90 Å². The van der Waals surface area contributed by atoms with Crippen molar-refractivity contribution in [1.29, 1.82) is 0 Å². The quantitative estimate of drug-likeness (QED) is 0.666. The van der Waals surface area contributed by atoms with Gasteiger partial charge in [0.1, 0.15) is 5.82 Å². The smallest absolute Gasteiger partial charge is 0.337 e. The van der Waals surface area contributed by atoms with Gasteiger partial charge in [-0.05, 0) is 35.5 Å². The molecule has 104 valence electrons. The number of carboxylic acids is 1. The molecule has 2 heterocycles. The average Bonchev–Trinajstić information content (AvgIpc) is 3.03. The molecule has 0 atom stereocenters. The molecule has 0 aliphatic carbocycles. The van der Waals surface area contributed by atoms with E-state index in [-0.39, 0.29) is 5.56 Å². The second kappa shape index (κ2) is 5.37. The first-order valence-electron chi connectivity index (χ1n) is 6.03. The van der Waals surface area contributed by atoms with Crippen molar-refractivity contribution >= 4 is 17.5 Å². The number of hydrogen-bond donors (Lipinski definition) is 3. The molecule has 0 saturated heterocycles. The first kappa shape index (κ1) is 12.7. The number of aromatic carboxylic acids is 1. The van der Waals surface area contributed by atoms with E-state index < -0.39 is 5.97 Å². The lowest BCUT2D eigenvalue weighted by Crippen LogP contribution is -2.04. The van der Waals surface area contributed by atoms with Crippen LogP contribution in [0.3, 0.4) is 0 Å². The molecule has 0 aliphatic rings. The Kier molecular flexibility index (Phi) is 3.26. The van der Waals surface area contributed by atoms with Crippen LogP contribution in [0, 0.1) is 0 Å². The standard InChI is InChI=1S/C13H10N6O2/c20-13(21)9-7-8(12-16-18-19-17-12)4-5-10(9)15-11-3-1-2-6-14-11/h1-7H,(H,14,15)(H,20,21)(H,16,17,18,19). The number of carbonyl (C=O) groups is 1. The molecule has 21 heavy (non-hydrogen) atoms. The van der Waals surface area contributed by atoms with E-state index >= 15 is 0 Å². The Morgan fingerprint density at radius 3 is 2.81 bits per heavy atom. The predicted octanol–water partition coefficient (Wildman–Crippen LogP) is 1.70. The van der Waals surface area contributed by atoms with Gasteiger partial charge in [0.25, 0.3) is 0 Å². The highest BCUT2D eigenvalue weighted by molar-refractivity contribution is 5.96. The van der Waals surface area contributed by atoms with Crippen LogP contribution in [0.15, 0.2) is 42.6 Å². The molecular formula is C13H10N6O2. The third-order valence-electron chi connectivity index (χ3n) is 2.78. The van der Waals surface area contributed by atoms with Gasteiger partial charge < -0.3 is 10.4 Å². The van der Waals surface area contributed by atoms with Gasteiger partial charge in [0.05, 0.1) is 11.3 Å². The lowest BCUT2D eigenvalue weighted by Gasteiger charge is -2.09. The van der Waals surface area contributed by atoms with Gasteiger partial charge in [0.15, 0.2) is 0 Å². The topological polar surface area (TPSA) is 117 Å². The molecule has 0 spiro atoms. The Morgan fingerprint density at radius 2 is 2.14 bits per heavy atom. The molecule has 0 fully saturated rings. The van der Waals surface area contributed by atoms with Crippen molar-refractivity contribution in [2.24, 2.45) is 0 Å². The van der Waals surface area contributed by atoms with E-state index in [1.54, 1.807) is 30.5 Å². The lowest BCUT2D eigenvalue weighted by molar-refractivity contribution is 0.0698. The Morgan fingerprint density at radius 1 is 1.24 bits per heavy atom. The van der Waals surface area contributed by atoms with Crippen LogP contribution < -0.4 is 5.32 Å². The number of aromatic nitrogens is 5. The van der Waals surface area contributed by atoms with Crippen molar-refractivity contribution in [3.63, 3.8) is 0 Å². The first-order chi connectivity index (χ1) is 10.2. The Bertz CT molecular complexity index is 758. The summed E-state index contributed by atoms with van der Waals surface area (Å²) >= 11 is 0. The highest BCUT2D eigenvalue weighted by Crippen LogP contribution is 2.24. The van der Waals surface area contributed by atoms with Crippen molar-refractivity contribution in [3.8, 4) is 11.4 Å². The number of hydrogen-bond acceptors (Lipinski definition) is 6. The van der Waals surface area contributed by atoms with E-state index in [1.165, 1.54) is 6.07 Å². The van der Waals surface area contributed by atoms with Gasteiger partial charge in [0, 0.05) is 11.8 Å². The summed E-state index contributed by atoms with van der Waals surface area (Å²) in [5.41, 5.74) is 1.10. The number of pyridine rings is 1. The third kappa shape index (κ3) is 2.68. The normalized spacial score (nSPS) is 10.3. The summed E-state index contributed by atoms with van der Waals surface area (Å²) in [6.45, 7) is 0. The van der Waals surface area contributed by atoms with E-state index in [1.807, 2.05) is 6.07 Å². The van der Waals surface area contributed by atoms with Crippen LogP contribution in [0.25, 0.3) is 11.4 Å². The summed E-state index contributed by atoms with van der Waals surface area (Å²) < 4.78 is 0. The number of nitrogens with one attached hydrogen (secondary N) is 2. The van der Waals surface area contributed by atoms with Gasteiger partial charge >= 0.3 is 5.97 Å². The summed E-state index contributed by atoms with van der Waals surface area (Å²) in [5, 5.41) is 25.7. The predicted molar refractivity (Wildman–Crippen MR) is 74.1 cm³/mol. The molecular weight excluding hydrogens is 272 g/mol. The molecule has 0 radical (unpaired) electrons. The van der Waals surface area contributed by atoms with Crippen LogP contribution >= 0.6 is 0 Å². The Balaban J connectivity index is 1.99. The first-order valence-corrected chi connectivity index (χ1v) is 6.03. The molecule has 0 amide bonds.